The van der Waals surface area contributed by atoms with Gasteiger partial charge in [-0.05, 0) is 62.2 Å². The van der Waals surface area contributed by atoms with E-state index in [1.165, 1.54) is 6.08 Å². The number of benzene rings is 2. The number of esters is 1. The molecule has 0 aliphatic heterocycles. The summed E-state index contributed by atoms with van der Waals surface area (Å²) >= 11 is 12.3. The molecule has 2 aromatic carbocycles. The average Bonchev–Trinajstić information content (AvgIpc) is 3.10. The molecule has 1 amide bonds. The van der Waals surface area contributed by atoms with E-state index < -0.39 is 11.9 Å². The number of hydrogen-bond acceptors (Lipinski definition) is 6. The molecule has 0 saturated heterocycles. The van der Waals surface area contributed by atoms with Gasteiger partial charge in [0.2, 0.25) is 5.88 Å². The van der Waals surface area contributed by atoms with E-state index in [1.807, 2.05) is 32.0 Å². The molecule has 9 heteroatoms. The van der Waals surface area contributed by atoms with E-state index in [4.69, 9.17) is 32.4 Å². The molecule has 3 aromatic rings. The molecule has 0 unspecified atom stereocenters. The highest BCUT2D eigenvalue weighted by Gasteiger charge is 2.26. The number of halogens is 2. The Hall–Kier alpha value is -3.73. The number of amides is 1. The number of rotatable bonds is 7. The molecule has 0 bridgehead atoms. The Balaban J connectivity index is 1.98. The first-order chi connectivity index (χ1) is 16.2. The molecule has 34 heavy (non-hydrogen) atoms. The molecule has 0 spiro atoms. The monoisotopic (exact) mass is 497 g/mol. The topological polar surface area (TPSA) is 104 Å². The Kier molecular flexibility index (Phi) is 8.00. The number of carbonyl (C=O) groups is 2. The fraction of sp³-hybridized carbons (Fsp3) is 0.160. The molecule has 0 fully saturated rings. The number of anilines is 3. The molecule has 7 nitrogen and oxygen atoms in total. The number of furan rings is 1. The highest BCUT2D eigenvalue weighted by atomic mass is 35.5. The van der Waals surface area contributed by atoms with E-state index >= 15 is 0 Å². The summed E-state index contributed by atoms with van der Waals surface area (Å²) < 4.78 is 10.8. The molecule has 2 N–H and O–H groups in total. The minimum Gasteiger partial charge on any atom is -0.462 e. The Labute approximate surface area is 206 Å². The number of aryl methyl sites for hydroxylation is 2. The lowest BCUT2D eigenvalue weighted by molar-refractivity contribution is -0.112. The quantitative estimate of drug-likeness (QED) is 0.214. The molecule has 0 aliphatic rings. The second-order valence-corrected chi connectivity index (χ2v) is 8.09. The Morgan fingerprint density at radius 2 is 1.85 bits per heavy atom. The van der Waals surface area contributed by atoms with Crippen molar-refractivity contribution < 1.29 is 18.7 Å². The molecule has 0 aliphatic carbocycles. The summed E-state index contributed by atoms with van der Waals surface area (Å²) in [4.78, 5) is 25.3. The van der Waals surface area contributed by atoms with Crippen LogP contribution in [-0.4, -0.2) is 18.5 Å². The van der Waals surface area contributed by atoms with Crippen molar-refractivity contribution in [1.82, 2.24) is 0 Å². The first-order valence-electron chi connectivity index (χ1n) is 10.3. The average molecular weight is 498 g/mol. The van der Waals surface area contributed by atoms with E-state index in [2.05, 4.69) is 10.6 Å². The summed E-state index contributed by atoms with van der Waals surface area (Å²) in [7, 11) is 0. The maximum atomic E-state index is 12.8. The highest BCUT2D eigenvalue weighted by Crippen LogP contribution is 2.36. The smallest absolute Gasteiger partial charge is 0.345 e. The SMILES string of the molecule is CCOC(=O)c1c(Nc2ccc(Cl)cc2)oc(/C=C(\C#N)C(=O)Nc2cc(C)ccc2C)c1Cl. The fourth-order valence-corrected chi connectivity index (χ4v) is 3.38. The van der Waals surface area contributed by atoms with Gasteiger partial charge in [0.15, 0.2) is 5.76 Å². The molecule has 1 aromatic heterocycles. The molecule has 174 valence electrons. The van der Waals surface area contributed by atoms with E-state index in [9.17, 15) is 14.9 Å². The minimum absolute atomic E-state index is 0.00393. The van der Waals surface area contributed by atoms with Crippen LogP contribution < -0.4 is 10.6 Å². The van der Waals surface area contributed by atoms with Crippen LogP contribution in [0, 0.1) is 25.2 Å². The number of nitrogens with zero attached hydrogens (tertiary/aromatic N) is 1. The first kappa shape index (κ1) is 24.9. The van der Waals surface area contributed by atoms with E-state index in [0.717, 1.165) is 11.1 Å². The molecule has 3 rings (SSSR count). The van der Waals surface area contributed by atoms with Crippen LogP contribution in [0.4, 0.5) is 17.3 Å². The molecule has 1 heterocycles. The molecular weight excluding hydrogens is 477 g/mol. The first-order valence-corrected chi connectivity index (χ1v) is 11.0. The van der Waals surface area contributed by atoms with Gasteiger partial charge in [0.05, 0.1) is 6.61 Å². The van der Waals surface area contributed by atoms with Gasteiger partial charge in [-0.2, -0.15) is 5.26 Å². The Bertz CT molecular complexity index is 1300. The van der Waals surface area contributed by atoms with Crippen molar-refractivity contribution in [3.63, 3.8) is 0 Å². The van der Waals surface area contributed by atoms with Crippen molar-refractivity contribution in [3.8, 4) is 6.07 Å². The lowest BCUT2D eigenvalue weighted by atomic mass is 10.1. The largest absolute Gasteiger partial charge is 0.462 e. The summed E-state index contributed by atoms with van der Waals surface area (Å²) in [6.07, 6.45) is 1.18. The summed E-state index contributed by atoms with van der Waals surface area (Å²) in [5.74, 6) is -1.41. The van der Waals surface area contributed by atoms with Crippen LogP contribution in [0.3, 0.4) is 0 Å². The normalized spacial score (nSPS) is 11.0. The zero-order chi connectivity index (χ0) is 24.8. The van der Waals surface area contributed by atoms with Crippen LogP contribution in [0.2, 0.25) is 10.0 Å². The van der Waals surface area contributed by atoms with Crippen molar-refractivity contribution in [3.05, 3.63) is 80.5 Å². The van der Waals surface area contributed by atoms with Gasteiger partial charge < -0.3 is 19.8 Å². The number of carbonyl (C=O) groups excluding carboxylic acids is 2. The highest BCUT2D eigenvalue weighted by molar-refractivity contribution is 6.36. The van der Waals surface area contributed by atoms with Gasteiger partial charge in [0.25, 0.3) is 5.91 Å². The Morgan fingerprint density at radius 1 is 1.15 bits per heavy atom. The van der Waals surface area contributed by atoms with Crippen molar-refractivity contribution in [2.24, 2.45) is 0 Å². The zero-order valence-electron chi connectivity index (χ0n) is 18.7. The standard InChI is InChI=1S/C25H21Cl2N3O4/c1-4-33-25(32)21-22(27)20(34-24(21)29-18-9-7-17(26)8-10-18)12-16(13-28)23(31)30-19-11-14(2)5-6-15(19)3/h5-12,29H,4H2,1-3H3,(H,30,31)/b16-12+. The van der Waals surface area contributed by atoms with Gasteiger partial charge in [-0.1, -0.05) is 35.3 Å². The lowest BCUT2D eigenvalue weighted by Crippen LogP contribution is -2.14. The van der Waals surface area contributed by atoms with Gasteiger partial charge in [-0.25, -0.2) is 4.79 Å². The third-order valence-electron chi connectivity index (χ3n) is 4.74. The second kappa shape index (κ2) is 10.9. The third-order valence-corrected chi connectivity index (χ3v) is 5.37. The van der Waals surface area contributed by atoms with Crippen molar-refractivity contribution in [2.45, 2.75) is 20.8 Å². The van der Waals surface area contributed by atoms with Gasteiger partial charge in [0, 0.05) is 22.5 Å². The number of nitrogens with one attached hydrogen (secondary N) is 2. The molecule has 0 atom stereocenters. The zero-order valence-corrected chi connectivity index (χ0v) is 20.2. The van der Waals surface area contributed by atoms with Gasteiger partial charge >= 0.3 is 5.97 Å². The predicted molar refractivity (Wildman–Crippen MR) is 133 cm³/mol. The summed E-state index contributed by atoms with van der Waals surface area (Å²) in [5.41, 5.74) is 2.63. The third kappa shape index (κ3) is 5.79. The Morgan fingerprint density at radius 3 is 2.50 bits per heavy atom. The van der Waals surface area contributed by atoms with Crippen LogP contribution >= 0.6 is 23.2 Å². The van der Waals surface area contributed by atoms with Gasteiger partial charge in [-0.15, -0.1) is 0 Å². The minimum atomic E-state index is -0.717. The van der Waals surface area contributed by atoms with Crippen LogP contribution in [0.25, 0.3) is 6.08 Å². The van der Waals surface area contributed by atoms with Crippen LogP contribution in [0.1, 0.15) is 34.2 Å². The van der Waals surface area contributed by atoms with E-state index in [1.54, 1.807) is 37.3 Å². The van der Waals surface area contributed by atoms with Crippen LogP contribution in [-0.2, 0) is 9.53 Å². The van der Waals surface area contributed by atoms with E-state index in [-0.39, 0.29) is 34.4 Å². The maximum absolute atomic E-state index is 12.8. The van der Waals surface area contributed by atoms with Gasteiger partial charge in [-0.3, -0.25) is 4.79 Å². The van der Waals surface area contributed by atoms with Crippen molar-refractivity contribution in [2.75, 3.05) is 17.2 Å². The summed E-state index contributed by atoms with van der Waals surface area (Å²) in [6.45, 7) is 5.51. The number of hydrogen-bond donors (Lipinski definition) is 2. The predicted octanol–water partition coefficient (Wildman–Crippen LogP) is 6.67. The van der Waals surface area contributed by atoms with Crippen molar-refractivity contribution in [1.29, 1.82) is 5.26 Å². The fourth-order valence-electron chi connectivity index (χ4n) is 3.00. The lowest BCUT2D eigenvalue weighted by Gasteiger charge is -2.08. The van der Waals surface area contributed by atoms with Crippen molar-refractivity contribution >= 4 is 58.4 Å². The van der Waals surface area contributed by atoms with Crippen LogP contribution in [0.15, 0.2) is 52.5 Å². The molecular formula is C25H21Cl2N3O4. The molecule has 0 radical (unpaired) electrons. The number of nitriles is 1. The summed E-state index contributed by atoms with van der Waals surface area (Å²) in [5, 5.41) is 15.7. The maximum Gasteiger partial charge on any atom is 0.345 e. The number of ether oxygens (including phenoxy) is 1. The molecule has 0 saturated carbocycles. The summed E-state index contributed by atoms with van der Waals surface area (Å²) in [6, 6.07) is 14.1. The second-order valence-electron chi connectivity index (χ2n) is 7.28. The van der Waals surface area contributed by atoms with E-state index in [0.29, 0.717) is 16.4 Å². The van der Waals surface area contributed by atoms with Crippen LogP contribution in [0.5, 0.6) is 0 Å². The van der Waals surface area contributed by atoms with Gasteiger partial charge in [0.1, 0.15) is 22.2 Å².